The van der Waals surface area contributed by atoms with Crippen molar-refractivity contribution in [1.29, 1.82) is 0 Å². The number of aromatic hydroxyl groups is 2. The molecule has 0 aliphatic heterocycles. The molecule has 3 rings (SSSR count). The molecular formula is C17H13NO3. The van der Waals surface area contributed by atoms with Crippen LogP contribution in [0.1, 0.15) is 10.4 Å². The molecule has 1 amide bonds. The normalized spacial score (nSPS) is 10.7. The van der Waals surface area contributed by atoms with Gasteiger partial charge in [0.1, 0.15) is 0 Å². The maximum Gasteiger partial charge on any atom is 0.252 e. The molecule has 0 saturated carbocycles. The smallest absolute Gasteiger partial charge is 0.252 e. The number of phenols is 2. The first-order valence-corrected chi connectivity index (χ1v) is 6.41. The average molecular weight is 279 g/mol. The highest BCUT2D eigenvalue weighted by atomic mass is 16.3. The summed E-state index contributed by atoms with van der Waals surface area (Å²) >= 11 is 0. The standard InChI is InChI=1S/C17H13NO3/c18-17(21)14-8-13(9-15(19)16(14)20)12-6-5-10-3-1-2-4-11(10)7-12/h1-9,19-20H,(H2,18,21). The molecule has 0 spiro atoms. The van der Waals surface area contributed by atoms with E-state index in [0.717, 1.165) is 16.3 Å². The molecule has 0 fully saturated rings. The van der Waals surface area contributed by atoms with Crippen LogP contribution in [0.15, 0.2) is 54.6 Å². The largest absolute Gasteiger partial charge is 0.504 e. The van der Waals surface area contributed by atoms with Gasteiger partial charge in [0, 0.05) is 0 Å². The highest BCUT2D eigenvalue weighted by molar-refractivity contribution is 5.98. The van der Waals surface area contributed by atoms with Crippen molar-refractivity contribution >= 4 is 16.7 Å². The summed E-state index contributed by atoms with van der Waals surface area (Å²) < 4.78 is 0. The Kier molecular flexibility index (Phi) is 2.99. The van der Waals surface area contributed by atoms with Gasteiger partial charge in [0.25, 0.3) is 5.91 Å². The van der Waals surface area contributed by atoms with Crippen LogP contribution in [0.3, 0.4) is 0 Å². The summed E-state index contributed by atoms with van der Waals surface area (Å²) in [4.78, 5) is 11.3. The molecule has 0 bridgehead atoms. The first-order valence-electron chi connectivity index (χ1n) is 6.41. The summed E-state index contributed by atoms with van der Waals surface area (Å²) in [6.07, 6.45) is 0. The van der Waals surface area contributed by atoms with E-state index in [9.17, 15) is 15.0 Å². The van der Waals surface area contributed by atoms with E-state index in [1.165, 1.54) is 12.1 Å². The van der Waals surface area contributed by atoms with Crippen LogP contribution in [0.25, 0.3) is 21.9 Å². The van der Waals surface area contributed by atoms with Crippen LogP contribution in [0.4, 0.5) is 0 Å². The summed E-state index contributed by atoms with van der Waals surface area (Å²) in [7, 11) is 0. The van der Waals surface area contributed by atoms with E-state index < -0.39 is 11.7 Å². The Hall–Kier alpha value is -3.01. The van der Waals surface area contributed by atoms with Crippen LogP contribution < -0.4 is 5.73 Å². The van der Waals surface area contributed by atoms with Crippen molar-refractivity contribution in [3.05, 3.63) is 60.2 Å². The van der Waals surface area contributed by atoms with Gasteiger partial charge in [-0.15, -0.1) is 0 Å². The van der Waals surface area contributed by atoms with Crippen molar-refractivity contribution in [3.8, 4) is 22.6 Å². The van der Waals surface area contributed by atoms with Gasteiger partial charge in [0.05, 0.1) is 5.56 Å². The number of carbonyl (C=O) groups is 1. The Morgan fingerprint density at radius 2 is 1.57 bits per heavy atom. The van der Waals surface area contributed by atoms with Crippen molar-refractivity contribution in [2.75, 3.05) is 0 Å². The average Bonchev–Trinajstić information content (AvgIpc) is 2.49. The number of fused-ring (bicyclic) bond motifs is 1. The second-order valence-corrected chi connectivity index (χ2v) is 4.82. The number of hydrogen-bond donors (Lipinski definition) is 3. The van der Waals surface area contributed by atoms with Gasteiger partial charge in [-0.2, -0.15) is 0 Å². The quantitative estimate of drug-likeness (QED) is 0.630. The van der Waals surface area contributed by atoms with E-state index in [1.807, 2.05) is 42.5 Å². The van der Waals surface area contributed by atoms with E-state index in [2.05, 4.69) is 0 Å². The SMILES string of the molecule is NC(=O)c1cc(-c2ccc3ccccc3c2)cc(O)c1O. The fraction of sp³-hybridized carbons (Fsp3) is 0. The third-order valence-electron chi connectivity index (χ3n) is 3.44. The van der Waals surface area contributed by atoms with Gasteiger partial charge in [0.15, 0.2) is 11.5 Å². The monoisotopic (exact) mass is 279 g/mol. The molecule has 0 unspecified atom stereocenters. The minimum Gasteiger partial charge on any atom is -0.504 e. The first-order chi connectivity index (χ1) is 10.1. The van der Waals surface area contributed by atoms with Crippen LogP contribution in [-0.4, -0.2) is 16.1 Å². The molecule has 4 N–H and O–H groups in total. The number of nitrogens with two attached hydrogens (primary N) is 1. The molecule has 0 aliphatic rings. The van der Waals surface area contributed by atoms with Crippen molar-refractivity contribution in [2.24, 2.45) is 5.73 Å². The van der Waals surface area contributed by atoms with Gasteiger partial charge in [-0.1, -0.05) is 36.4 Å². The summed E-state index contributed by atoms with van der Waals surface area (Å²) in [5, 5.41) is 21.5. The molecule has 0 radical (unpaired) electrons. The Morgan fingerprint density at radius 1 is 0.857 bits per heavy atom. The number of rotatable bonds is 2. The number of benzene rings is 3. The fourth-order valence-corrected chi connectivity index (χ4v) is 2.34. The lowest BCUT2D eigenvalue weighted by Crippen LogP contribution is -2.11. The second-order valence-electron chi connectivity index (χ2n) is 4.82. The number of carbonyl (C=O) groups excluding carboxylic acids is 1. The molecule has 0 atom stereocenters. The molecule has 104 valence electrons. The van der Waals surface area contributed by atoms with Crippen LogP contribution in [0, 0.1) is 0 Å². The topological polar surface area (TPSA) is 83.6 Å². The lowest BCUT2D eigenvalue weighted by Gasteiger charge is -2.09. The van der Waals surface area contributed by atoms with Crippen LogP contribution in [0.2, 0.25) is 0 Å². The predicted molar refractivity (Wildman–Crippen MR) is 81.2 cm³/mol. The first kappa shape index (κ1) is 13.0. The number of primary amides is 1. The summed E-state index contributed by atoms with van der Waals surface area (Å²) in [6.45, 7) is 0. The number of hydrogen-bond acceptors (Lipinski definition) is 3. The fourth-order valence-electron chi connectivity index (χ4n) is 2.34. The van der Waals surface area contributed by atoms with Crippen molar-refractivity contribution in [2.45, 2.75) is 0 Å². The zero-order valence-electron chi connectivity index (χ0n) is 11.1. The maximum absolute atomic E-state index is 11.3. The zero-order chi connectivity index (χ0) is 15.0. The van der Waals surface area contributed by atoms with Gasteiger partial charge < -0.3 is 15.9 Å². The van der Waals surface area contributed by atoms with Crippen molar-refractivity contribution < 1.29 is 15.0 Å². The molecule has 3 aromatic rings. The Labute approximate surface area is 121 Å². The van der Waals surface area contributed by atoms with E-state index in [0.29, 0.717) is 5.56 Å². The molecule has 0 aromatic heterocycles. The van der Waals surface area contributed by atoms with Crippen molar-refractivity contribution in [3.63, 3.8) is 0 Å². The lowest BCUT2D eigenvalue weighted by atomic mass is 9.98. The Morgan fingerprint density at radius 3 is 2.29 bits per heavy atom. The third-order valence-corrected chi connectivity index (χ3v) is 3.44. The minimum absolute atomic E-state index is 0.0989. The third kappa shape index (κ3) is 2.27. The van der Waals surface area contributed by atoms with Gasteiger partial charge >= 0.3 is 0 Å². The van der Waals surface area contributed by atoms with Crippen LogP contribution in [0.5, 0.6) is 11.5 Å². The van der Waals surface area contributed by atoms with Gasteiger partial charge in [-0.3, -0.25) is 4.79 Å². The molecule has 21 heavy (non-hydrogen) atoms. The van der Waals surface area contributed by atoms with Gasteiger partial charge in [0.2, 0.25) is 0 Å². The highest BCUT2D eigenvalue weighted by Crippen LogP contribution is 2.35. The van der Waals surface area contributed by atoms with Gasteiger partial charge in [-0.05, 0) is 40.1 Å². The van der Waals surface area contributed by atoms with Crippen LogP contribution >= 0.6 is 0 Å². The molecule has 4 heteroatoms. The van der Waals surface area contributed by atoms with E-state index in [1.54, 1.807) is 0 Å². The summed E-state index contributed by atoms with van der Waals surface area (Å²) in [6, 6.07) is 16.6. The predicted octanol–water partition coefficient (Wildman–Crippen LogP) is 3.02. The maximum atomic E-state index is 11.3. The molecule has 3 aromatic carbocycles. The zero-order valence-corrected chi connectivity index (χ0v) is 11.1. The molecular weight excluding hydrogens is 266 g/mol. The molecule has 0 heterocycles. The van der Waals surface area contributed by atoms with Crippen LogP contribution in [-0.2, 0) is 0 Å². The molecule has 0 saturated heterocycles. The molecule has 0 aliphatic carbocycles. The van der Waals surface area contributed by atoms with Crippen molar-refractivity contribution in [1.82, 2.24) is 0 Å². The minimum atomic E-state index is -0.787. The number of amides is 1. The molecule has 4 nitrogen and oxygen atoms in total. The highest BCUT2D eigenvalue weighted by Gasteiger charge is 2.14. The van der Waals surface area contributed by atoms with E-state index in [-0.39, 0.29) is 11.3 Å². The second kappa shape index (κ2) is 4.83. The van der Waals surface area contributed by atoms with Gasteiger partial charge in [-0.25, -0.2) is 0 Å². The number of phenolic OH excluding ortho intramolecular Hbond substituents is 1. The summed E-state index contributed by atoms with van der Waals surface area (Å²) in [5.74, 6) is -1.65. The Bertz CT molecular complexity index is 856. The lowest BCUT2D eigenvalue weighted by molar-refractivity contribution is 0.0997. The van der Waals surface area contributed by atoms with E-state index >= 15 is 0 Å². The summed E-state index contributed by atoms with van der Waals surface area (Å²) in [5.41, 5.74) is 6.55. The Balaban J connectivity index is 2.20. The van der Waals surface area contributed by atoms with E-state index in [4.69, 9.17) is 5.73 Å².